The fourth-order valence-corrected chi connectivity index (χ4v) is 4.16. The fraction of sp³-hybridized carbons (Fsp3) is 0.267. The van der Waals surface area contributed by atoms with Crippen LogP contribution < -0.4 is 5.32 Å². The number of carbonyl (C=O) groups excluding carboxylic acids is 1. The maximum Gasteiger partial charge on any atom is 0.256 e. The first-order chi connectivity index (χ1) is 9.34. The predicted molar refractivity (Wildman–Crippen MR) is 75.2 cm³/mol. The highest BCUT2D eigenvalue weighted by molar-refractivity contribution is 7.10. The van der Waals surface area contributed by atoms with Gasteiger partial charge in [0.2, 0.25) is 0 Å². The lowest BCUT2D eigenvalue weighted by molar-refractivity contribution is 0.0468. The monoisotopic (exact) mass is 270 g/mol. The van der Waals surface area contributed by atoms with E-state index >= 15 is 0 Å². The lowest BCUT2D eigenvalue weighted by atomic mass is 9.95. The number of hydrogen-bond donors (Lipinski definition) is 1. The van der Waals surface area contributed by atoms with Gasteiger partial charge < -0.3 is 4.90 Å². The highest BCUT2D eigenvalue weighted by atomic mass is 32.1. The molecule has 3 heterocycles. The van der Waals surface area contributed by atoms with E-state index in [1.165, 1.54) is 4.88 Å². The van der Waals surface area contributed by atoms with Crippen molar-refractivity contribution in [1.29, 1.82) is 0 Å². The van der Waals surface area contributed by atoms with Crippen LogP contribution in [0.2, 0.25) is 0 Å². The van der Waals surface area contributed by atoms with Crippen LogP contribution >= 0.6 is 11.3 Å². The molecule has 4 rings (SSSR count). The number of hydrogen-bond acceptors (Lipinski definition) is 3. The van der Waals surface area contributed by atoms with Crippen LogP contribution in [0.1, 0.15) is 27.2 Å². The quantitative estimate of drug-likeness (QED) is 0.863. The number of benzene rings is 1. The molecule has 96 valence electrons. The third kappa shape index (κ3) is 1.33. The molecule has 0 bridgehead atoms. The van der Waals surface area contributed by atoms with Gasteiger partial charge in [-0.1, -0.05) is 24.3 Å². The van der Waals surface area contributed by atoms with E-state index in [-0.39, 0.29) is 5.91 Å². The van der Waals surface area contributed by atoms with E-state index in [0.717, 1.165) is 30.6 Å². The molecule has 2 aliphatic rings. The van der Waals surface area contributed by atoms with Gasteiger partial charge in [-0.15, -0.1) is 11.3 Å². The maximum atomic E-state index is 12.6. The van der Waals surface area contributed by atoms with E-state index in [9.17, 15) is 4.79 Å². The van der Waals surface area contributed by atoms with E-state index in [0.29, 0.717) is 0 Å². The van der Waals surface area contributed by atoms with Gasteiger partial charge in [-0.25, -0.2) is 0 Å². The van der Waals surface area contributed by atoms with Gasteiger partial charge >= 0.3 is 0 Å². The molecular formula is C15H14N2OS. The number of amides is 1. The standard InChI is InChI=1S/C15H14N2OS/c18-14-11-5-1-2-6-12(11)15(13-7-3-10-19-13)16-8-4-9-17(14)15/h1-3,5-7,10,16H,4,8-9H2. The molecule has 3 nitrogen and oxygen atoms in total. The van der Waals surface area contributed by atoms with Crippen molar-refractivity contribution < 1.29 is 4.79 Å². The normalized spacial score (nSPS) is 25.3. The molecule has 0 radical (unpaired) electrons. The summed E-state index contributed by atoms with van der Waals surface area (Å²) in [4.78, 5) is 15.8. The molecule has 1 atom stereocenters. The Morgan fingerprint density at radius 2 is 2.11 bits per heavy atom. The minimum Gasteiger partial charge on any atom is -0.311 e. The number of rotatable bonds is 1. The molecule has 1 unspecified atom stereocenters. The summed E-state index contributed by atoms with van der Waals surface area (Å²) in [5.41, 5.74) is 1.51. The molecule has 1 aromatic carbocycles. The summed E-state index contributed by atoms with van der Waals surface area (Å²) < 4.78 is 0. The van der Waals surface area contributed by atoms with Crippen LogP contribution in [0.3, 0.4) is 0 Å². The SMILES string of the molecule is O=C1c2ccccc2C2(c3cccs3)NCCCN12. The Bertz CT molecular complexity index is 637. The van der Waals surface area contributed by atoms with Crippen molar-refractivity contribution in [2.24, 2.45) is 0 Å². The molecular weight excluding hydrogens is 256 g/mol. The van der Waals surface area contributed by atoms with E-state index in [1.54, 1.807) is 11.3 Å². The van der Waals surface area contributed by atoms with Crippen LogP contribution in [0, 0.1) is 0 Å². The number of fused-ring (bicyclic) bond motifs is 3. The lowest BCUT2D eigenvalue weighted by Gasteiger charge is -2.43. The van der Waals surface area contributed by atoms with Gasteiger partial charge in [-0.05, 0) is 30.5 Å². The zero-order valence-corrected chi connectivity index (χ0v) is 11.2. The van der Waals surface area contributed by atoms with Crippen LogP contribution in [0.5, 0.6) is 0 Å². The first-order valence-corrected chi connectivity index (χ1v) is 7.42. The minimum absolute atomic E-state index is 0.149. The molecule has 0 saturated carbocycles. The summed E-state index contributed by atoms with van der Waals surface area (Å²) in [6, 6.07) is 12.1. The van der Waals surface area contributed by atoms with Gasteiger partial charge in [-0.2, -0.15) is 0 Å². The van der Waals surface area contributed by atoms with E-state index in [4.69, 9.17) is 0 Å². The lowest BCUT2D eigenvalue weighted by Crippen LogP contribution is -2.58. The van der Waals surface area contributed by atoms with Crippen LogP contribution in [0.25, 0.3) is 0 Å². The zero-order chi connectivity index (χ0) is 12.9. The summed E-state index contributed by atoms with van der Waals surface area (Å²) in [6.45, 7) is 1.76. The Hall–Kier alpha value is -1.65. The number of nitrogens with zero attached hydrogens (tertiary/aromatic N) is 1. The fourth-order valence-electron chi connectivity index (χ4n) is 3.23. The molecule has 4 heteroatoms. The number of carbonyl (C=O) groups is 1. The van der Waals surface area contributed by atoms with Crippen molar-refractivity contribution in [2.75, 3.05) is 13.1 Å². The van der Waals surface area contributed by atoms with Gasteiger partial charge in [0.1, 0.15) is 0 Å². The van der Waals surface area contributed by atoms with E-state index in [1.807, 2.05) is 23.1 Å². The van der Waals surface area contributed by atoms with Gasteiger partial charge in [0, 0.05) is 22.5 Å². The van der Waals surface area contributed by atoms with Gasteiger partial charge in [-0.3, -0.25) is 10.1 Å². The molecule has 19 heavy (non-hydrogen) atoms. The summed E-state index contributed by atoms with van der Waals surface area (Å²) in [7, 11) is 0. The molecule has 1 amide bonds. The molecule has 1 aromatic heterocycles. The molecule has 1 saturated heterocycles. The Balaban J connectivity index is 2.01. The Labute approximate surface area is 115 Å². The number of thiophene rings is 1. The van der Waals surface area contributed by atoms with E-state index < -0.39 is 5.66 Å². The highest BCUT2D eigenvalue weighted by Gasteiger charge is 2.52. The van der Waals surface area contributed by atoms with Crippen LogP contribution in [-0.2, 0) is 5.66 Å². The topological polar surface area (TPSA) is 32.3 Å². The second kappa shape index (κ2) is 3.92. The molecule has 2 aliphatic heterocycles. The maximum absolute atomic E-state index is 12.6. The molecule has 1 fully saturated rings. The van der Waals surface area contributed by atoms with Crippen molar-refractivity contribution in [3.8, 4) is 0 Å². The molecule has 2 aromatic rings. The Morgan fingerprint density at radius 1 is 1.21 bits per heavy atom. The Kier molecular flexibility index (Phi) is 2.31. The van der Waals surface area contributed by atoms with Gasteiger partial charge in [0.25, 0.3) is 5.91 Å². The van der Waals surface area contributed by atoms with Crippen molar-refractivity contribution in [1.82, 2.24) is 10.2 Å². The summed E-state index contributed by atoms with van der Waals surface area (Å²) in [5.74, 6) is 0.149. The summed E-state index contributed by atoms with van der Waals surface area (Å²) in [6.07, 6.45) is 1.01. The minimum atomic E-state index is -0.430. The zero-order valence-electron chi connectivity index (χ0n) is 10.4. The summed E-state index contributed by atoms with van der Waals surface area (Å²) >= 11 is 1.71. The second-order valence-corrected chi connectivity index (χ2v) is 5.92. The first-order valence-electron chi connectivity index (χ1n) is 6.54. The molecule has 1 N–H and O–H groups in total. The van der Waals surface area contributed by atoms with Gasteiger partial charge in [0.15, 0.2) is 5.66 Å². The molecule has 0 spiro atoms. The third-order valence-corrected chi connectivity index (χ3v) is 4.99. The van der Waals surface area contributed by atoms with Gasteiger partial charge in [0.05, 0.1) is 0 Å². The van der Waals surface area contributed by atoms with Crippen molar-refractivity contribution >= 4 is 17.2 Å². The third-order valence-electron chi connectivity index (χ3n) is 4.01. The Morgan fingerprint density at radius 3 is 2.95 bits per heavy atom. The van der Waals surface area contributed by atoms with Crippen molar-refractivity contribution in [3.63, 3.8) is 0 Å². The average molecular weight is 270 g/mol. The second-order valence-electron chi connectivity index (χ2n) is 4.97. The largest absolute Gasteiger partial charge is 0.311 e. The van der Waals surface area contributed by atoms with Crippen LogP contribution in [0.15, 0.2) is 41.8 Å². The number of nitrogens with one attached hydrogen (secondary N) is 1. The smallest absolute Gasteiger partial charge is 0.256 e. The first kappa shape index (κ1) is 11.2. The van der Waals surface area contributed by atoms with Crippen molar-refractivity contribution in [2.45, 2.75) is 12.1 Å². The van der Waals surface area contributed by atoms with Crippen LogP contribution in [-0.4, -0.2) is 23.9 Å². The van der Waals surface area contributed by atoms with Crippen molar-refractivity contribution in [3.05, 3.63) is 57.8 Å². The average Bonchev–Trinajstić information content (AvgIpc) is 3.07. The highest BCUT2D eigenvalue weighted by Crippen LogP contribution is 2.45. The van der Waals surface area contributed by atoms with E-state index in [2.05, 4.69) is 28.9 Å². The van der Waals surface area contributed by atoms with Crippen LogP contribution in [0.4, 0.5) is 0 Å². The summed E-state index contributed by atoms with van der Waals surface area (Å²) in [5, 5.41) is 5.67. The predicted octanol–water partition coefficient (Wildman–Crippen LogP) is 2.40. The molecule has 0 aliphatic carbocycles.